The summed E-state index contributed by atoms with van der Waals surface area (Å²) in [6, 6.07) is -0.0389. The number of rotatable bonds is 3. The zero-order chi connectivity index (χ0) is 12.3. The van der Waals surface area contributed by atoms with Crippen LogP contribution in [0.15, 0.2) is 0 Å². The molecule has 1 aliphatic heterocycles. The number of nitrogens with zero attached hydrogens (tertiary/aromatic N) is 2. The molecule has 0 radical (unpaired) electrons. The van der Waals surface area contributed by atoms with E-state index >= 15 is 0 Å². The predicted octanol–water partition coefficient (Wildman–Crippen LogP) is 0.841. The van der Waals surface area contributed by atoms with E-state index in [2.05, 4.69) is 0 Å². The third kappa shape index (κ3) is 4.23. The van der Waals surface area contributed by atoms with Crippen molar-refractivity contribution in [2.24, 2.45) is 5.73 Å². The SMILES string of the molecule is CC(C(N)=S)N1CCN(CC(F)(F)F)CC1. The van der Waals surface area contributed by atoms with Gasteiger partial charge in [-0.05, 0) is 6.92 Å². The van der Waals surface area contributed by atoms with Gasteiger partial charge >= 0.3 is 6.18 Å². The van der Waals surface area contributed by atoms with Crippen LogP contribution in [0.3, 0.4) is 0 Å². The molecular weight excluding hydrogens is 239 g/mol. The smallest absolute Gasteiger partial charge is 0.392 e. The highest BCUT2D eigenvalue weighted by molar-refractivity contribution is 7.80. The summed E-state index contributed by atoms with van der Waals surface area (Å²) in [7, 11) is 0. The summed E-state index contributed by atoms with van der Waals surface area (Å²) < 4.78 is 36.4. The van der Waals surface area contributed by atoms with Crippen molar-refractivity contribution in [2.75, 3.05) is 32.7 Å². The van der Waals surface area contributed by atoms with Gasteiger partial charge in [0.15, 0.2) is 0 Å². The minimum atomic E-state index is -4.11. The van der Waals surface area contributed by atoms with Crippen molar-refractivity contribution < 1.29 is 13.2 Å². The fourth-order valence-electron chi connectivity index (χ4n) is 1.74. The van der Waals surface area contributed by atoms with Crippen LogP contribution in [0.5, 0.6) is 0 Å². The first-order valence-corrected chi connectivity index (χ1v) is 5.53. The Kier molecular flexibility index (Phi) is 4.52. The predicted molar refractivity (Wildman–Crippen MR) is 60.3 cm³/mol. The van der Waals surface area contributed by atoms with E-state index in [1.54, 1.807) is 0 Å². The van der Waals surface area contributed by atoms with Gasteiger partial charge in [0, 0.05) is 26.2 Å². The van der Waals surface area contributed by atoms with Crippen molar-refractivity contribution in [1.29, 1.82) is 0 Å². The Morgan fingerprint density at radius 2 is 1.81 bits per heavy atom. The third-order valence-corrected chi connectivity index (χ3v) is 3.11. The zero-order valence-electron chi connectivity index (χ0n) is 9.13. The Labute approximate surface area is 98.4 Å². The topological polar surface area (TPSA) is 32.5 Å². The van der Waals surface area contributed by atoms with Gasteiger partial charge in [-0.2, -0.15) is 13.2 Å². The second kappa shape index (κ2) is 5.29. The van der Waals surface area contributed by atoms with Crippen molar-refractivity contribution in [2.45, 2.75) is 19.1 Å². The van der Waals surface area contributed by atoms with Gasteiger partial charge in [0.2, 0.25) is 0 Å². The molecule has 94 valence electrons. The van der Waals surface area contributed by atoms with Crippen LogP contribution in [0.2, 0.25) is 0 Å². The van der Waals surface area contributed by atoms with Gasteiger partial charge in [-0.15, -0.1) is 0 Å². The quantitative estimate of drug-likeness (QED) is 0.758. The largest absolute Gasteiger partial charge is 0.401 e. The molecule has 1 fully saturated rings. The molecule has 0 amide bonds. The molecule has 1 heterocycles. The second-order valence-corrected chi connectivity index (χ2v) is 4.48. The number of halogens is 3. The lowest BCUT2D eigenvalue weighted by molar-refractivity contribution is -0.149. The van der Waals surface area contributed by atoms with Crippen LogP contribution in [0.25, 0.3) is 0 Å². The molecule has 0 spiro atoms. The molecule has 1 unspecified atom stereocenters. The molecule has 3 nitrogen and oxygen atoms in total. The lowest BCUT2D eigenvalue weighted by Crippen LogP contribution is -2.54. The monoisotopic (exact) mass is 255 g/mol. The number of alkyl halides is 3. The standard InChI is InChI=1S/C9H16F3N3S/c1-7(8(13)16)15-4-2-14(3-5-15)6-9(10,11)12/h7H,2-6H2,1H3,(H2,13,16). The summed E-state index contributed by atoms with van der Waals surface area (Å²) in [4.78, 5) is 3.81. The Bertz CT molecular complexity index is 249. The number of hydrogen-bond acceptors (Lipinski definition) is 3. The van der Waals surface area contributed by atoms with Gasteiger partial charge in [0.25, 0.3) is 0 Å². The van der Waals surface area contributed by atoms with Crippen LogP contribution in [0, 0.1) is 0 Å². The van der Waals surface area contributed by atoms with E-state index in [4.69, 9.17) is 18.0 Å². The van der Waals surface area contributed by atoms with Gasteiger partial charge < -0.3 is 5.73 Å². The third-order valence-electron chi connectivity index (χ3n) is 2.77. The second-order valence-electron chi connectivity index (χ2n) is 4.01. The van der Waals surface area contributed by atoms with E-state index in [1.165, 1.54) is 4.90 Å². The molecular formula is C9H16F3N3S. The van der Waals surface area contributed by atoms with E-state index in [-0.39, 0.29) is 6.04 Å². The summed E-state index contributed by atoms with van der Waals surface area (Å²) in [5.74, 6) is 0. The first kappa shape index (κ1) is 13.7. The molecule has 0 aliphatic carbocycles. The Hall–Kier alpha value is -0.400. The molecule has 1 atom stereocenters. The minimum Gasteiger partial charge on any atom is -0.392 e. The molecule has 1 rings (SSSR count). The van der Waals surface area contributed by atoms with E-state index in [0.717, 1.165) is 0 Å². The number of hydrogen-bond donors (Lipinski definition) is 1. The number of piperazine rings is 1. The van der Waals surface area contributed by atoms with Crippen molar-refractivity contribution >= 4 is 17.2 Å². The van der Waals surface area contributed by atoms with Crippen molar-refractivity contribution in [1.82, 2.24) is 9.80 Å². The van der Waals surface area contributed by atoms with E-state index in [1.807, 2.05) is 11.8 Å². The normalized spacial score (nSPS) is 22.0. The molecule has 0 aromatic rings. The molecule has 1 aliphatic rings. The number of thiocarbonyl (C=S) groups is 1. The fraction of sp³-hybridized carbons (Fsp3) is 0.889. The minimum absolute atomic E-state index is 0.0389. The van der Waals surface area contributed by atoms with Crippen molar-refractivity contribution in [3.8, 4) is 0 Å². The highest BCUT2D eigenvalue weighted by atomic mass is 32.1. The van der Waals surface area contributed by atoms with Crippen LogP contribution in [0.4, 0.5) is 13.2 Å². The summed E-state index contributed by atoms with van der Waals surface area (Å²) in [5, 5.41) is 0. The maximum absolute atomic E-state index is 12.1. The maximum Gasteiger partial charge on any atom is 0.401 e. The highest BCUT2D eigenvalue weighted by Gasteiger charge is 2.32. The van der Waals surface area contributed by atoms with Crippen LogP contribution >= 0.6 is 12.2 Å². The molecule has 2 N–H and O–H groups in total. The summed E-state index contributed by atoms with van der Waals surface area (Å²) in [5.41, 5.74) is 5.50. The lowest BCUT2D eigenvalue weighted by Gasteiger charge is -2.37. The average Bonchev–Trinajstić information content (AvgIpc) is 2.15. The van der Waals surface area contributed by atoms with Gasteiger partial charge in [-0.3, -0.25) is 9.80 Å². The lowest BCUT2D eigenvalue weighted by atomic mass is 10.2. The molecule has 1 saturated heterocycles. The molecule has 0 aromatic heterocycles. The number of nitrogens with two attached hydrogens (primary N) is 1. The maximum atomic E-state index is 12.1. The van der Waals surface area contributed by atoms with Crippen LogP contribution in [0.1, 0.15) is 6.92 Å². The van der Waals surface area contributed by atoms with Gasteiger partial charge in [-0.25, -0.2) is 0 Å². The van der Waals surface area contributed by atoms with Crippen molar-refractivity contribution in [3.05, 3.63) is 0 Å². The average molecular weight is 255 g/mol. The zero-order valence-corrected chi connectivity index (χ0v) is 9.94. The van der Waals surface area contributed by atoms with Gasteiger partial charge in [0.1, 0.15) is 0 Å². The molecule has 16 heavy (non-hydrogen) atoms. The highest BCUT2D eigenvalue weighted by Crippen LogP contribution is 2.17. The van der Waals surface area contributed by atoms with Gasteiger partial charge in [-0.1, -0.05) is 12.2 Å². The van der Waals surface area contributed by atoms with Crippen LogP contribution in [-0.2, 0) is 0 Å². The Morgan fingerprint density at radius 3 is 2.19 bits per heavy atom. The fourth-order valence-corrected chi connectivity index (χ4v) is 1.89. The Morgan fingerprint density at radius 1 is 1.31 bits per heavy atom. The Balaban J connectivity index is 2.37. The molecule has 0 bridgehead atoms. The summed E-state index contributed by atoms with van der Waals surface area (Å²) in [6.07, 6.45) is -4.11. The molecule has 0 saturated carbocycles. The van der Waals surface area contributed by atoms with Crippen molar-refractivity contribution in [3.63, 3.8) is 0 Å². The van der Waals surface area contributed by atoms with E-state index in [0.29, 0.717) is 31.2 Å². The first-order chi connectivity index (χ1) is 7.29. The molecule has 0 aromatic carbocycles. The first-order valence-electron chi connectivity index (χ1n) is 5.12. The van der Waals surface area contributed by atoms with E-state index < -0.39 is 12.7 Å². The van der Waals surface area contributed by atoms with Gasteiger partial charge in [0.05, 0.1) is 17.6 Å². The van der Waals surface area contributed by atoms with E-state index in [9.17, 15) is 13.2 Å². The summed E-state index contributed by atoms with van der Waals surface area (Å²) in [6.45, 7) is 3.02. The van der Waals surface area contributed by atoms with Crippen LogP contribution in [-0.4, -0.2) is 59.7 Å². The summed E-state index contributed by atoms with van der Waals surface area (Å²) >= 11 is 4.86. The molecule has 7 heteroatoms. The van der Waals surface area contributed by atoms with Crippen LogP contribution < -0.4 is 5.73 Å².